The van der Waals surface area contributed by atoms with Crippen molar-refractivity contribution in [3.63, 3.8) is 0 Å². The van der Waals surface area contributed by atoms with Crippen molar-refractivity contribution in [2.75, 3.05) is 0 Å². The van der Waals surface area contributed by atoms with E-state index in [0.717, 1.165) is 11.1 Å². The van der Waals surface area contributed by atoms with Crippen molar-refractivity contribution in [3.05, 3.63) is 35.4 Å². The number of nitrogens with two attached hydrogens (primary N) is 1. The largest absolute Gasteiger partial charge is 0.326 e. The third-order valence-corrected chi connectivity index (χ3v) is 2.55. The first-order chi connectivity index (χ1) is 7.17. The van der Waals surface area contributed by atoms with Crippen LogP contribution in [0.4, 0.5) is 0 Å². The number of benzene rings is 1. The smallest absolute Gasteiger partial charge is 0.302 e. The zero-order chi connectivity index (χ0) is 11.3. The third kappa shape index (κ3) is 3.71. The normalized spacial score (nSPS) is 14.9. The van der Waals surface area contributed by atoms with Gasteiger partial charge in [0.2, 0.25) is 0 Å². The molecular formula is C10H15NO3S. The Hall–Kier alpha value is -0.750. The quantitative estimate of drug-likeness (QED) is 0.754. The molecule has 84 valence electrons. The fraction of sp³-hybridized carbons (Fsp3) is 0.400. The third-order valence-electron chi connectivity index (χ3n) is 2.16. The molecule has 0 fully saturated rings. The van der Waals surface area contributed by atoms with Crippen LogP contribution in [0.15, 0.2) is 24.3 Å². The Balaban J connectivity index is 2.78. The SMILES string of the molecule is CCC(OS(=O)O)c1ccc(CN)cc1. The maximum atomic E-state index is 10.5. The Morgan fingerprint density at radius 2 is 2.07 bits per heavy atom. The minimum atomic E-state index is -2.23. The van der Waals surface area contributed by atoms with Gasteiger partial charge in [-0.3, -0.25) is 8.74 Å². The van der Waals surface area contributed by atoms with E-state index < -0.39 is 11.4 Å². The number of hydrogen-bond donors (Lipinski definition) is 2. The van der Waals surface area contributed by atoms with Crippen LogP contribution in [0.2, 0.25) is 0 Å². The Labute approximate surface area is 91.9 Å². The van der Waals surface area contributed by atoms with Gasteiger partial charge in [-0.2, -0.15) is 4.21 Å². The summed E-state index contributed by atoms with van der Waals surface area (Å²) in [6.07, 6.45) is 0.302. The maximum Gasteiger partial charge on any atom is 0.302 e. The van der Waals surface area contributed by atoms with Gasteiger partial charge in [-0.15, -0.1) is 0 Å². The Morgan fingerprint density at radius 1 is 1.47 bits per heavy atom. The molecule has 5 heteroatoms. The van der Waals surface area contributed by atoms with E-state index in [2.05, 4.69) is 0 Å². The van der Waals surface area contributed by atoms with Crippen LogP contribution in [0.3, 0.4) is 0 Å². The summed E-state index contributed by atoms with van der Waals surface area (Å²) >= 11 is -2.23. The minimum Gasteiger partial charge on any atom is -0.326 e. The van der Waals surface area contributed by atoms with Crippen LogP contribution in [0.25, 0.3) is 0 Å². The first-order valence-electron chi connectivity index (χ1n) is 4.74. The molecule has 15 heavy (non-hydrogen) atoms. The van der Waals surface area contributed by atoms with Crippen molar-refractivity contribution in [2.45, 2.75) is 26.0 Å². The highest BCUT2D eigenvalue weighted by atomic mass is 32.2. The lowest BCUT2D eigenvalue weighted by atomic mass is 10.1. The summed E-state index contributed by atoms with van der Waals surface area (Å²) in [4.78, 5) is 0. The monoisotopic (exact) mass is 229 g/mol. The zero-order valence-electron chi connectivity index (χ0n) is 8.55. The van der Waals surface area contributed by atoms with Gasteiger partial charge in [0, 0.05) is 6.54 Å². The van der Waals surface area contributed by atoms with Crippen LogP contribution in [-0.4, -0.2) is 8.76 Å². The average Bonchev–Trinajstić information content (AvgIpc) is 2.26. The fourth-order valence-corrected chi connectivity index (χ4v) is 1.77. The van der Waals surface area contributed by atoms with Gasteiger partial charge in [-0.25, -0.2) is 0 Å². The first-order valence-corrected chi connectivity index (χ1v) is 5.77. The predicted molar refractivity (Wildman–Crippen MR) is 59.2 cm³/mol. The molecule has 0 aliphatic carbocycles. The molecule has 0 saturated carbocycles. The van der Waals surface area contributed by atoms with Gasteiger partial charge >= 0.3 is 11.4 Å². The van der Waals surface area contributed by atoms with Crippen LogP contribution >= 0.6 is 0 Å². The lowest BCUT2D eigenvalue weighted by molar-refractivity contribution is 0.203. The predicted octanol–water partition coefficient (Wildman–Crippen LogP) is 1.75. The molecule has 0 heterocycles. The fourth-order valence-electron chi connectivity index (χ4n) is 1.33. The van der Waals surface area contributed by atoms with E-state index in [1.54, 1.807) is 0 Å². The summed E-state index contributed by atoms with van der Waals surface area (Å²) in [7, 11) is 0. The molecule has 3 N–H and O–H groups in total. The molecule has 2 unspecified atom stereocenters. The van der Waals surface area contributed by atoms with Crippen LogP contribution in [0.5, 0.6) is 0 Å². The first kappa shape index (κ1) is 12.3. The van der Waals surface area contributed by atoms with Gasteiger partial charge in [-0.1, -0.05) is 31.2 Å². The number of hydrogen-bond acceptors (Lipinski definition) is 3. The topological polar surface area (TPSA) is 72.5 Å². The highest BCUT2D eigenvalue weighted by molar-refractivity contribution is 7.74. The summed E-state index contributed by atoms with van der Waals surface area (Å²) in [6, 6.07) is 7.51. The van der Waals surface area contributed by atoms with Gasteiger partial charge < -0.3 is 5.73 Å². The van der Waals surface area contributed by atoms with Gasteiger partial charge in [0.05, 0.1) is 0 Å². The second-order valence-electron chi connectivity index (χ2n) is 3.16. The van der Waals surface area contributed by atoms with Crippen molar-refractivity contribution in [1.29, 1.82) is 0 Å². The zero-order valence-corrected chi connectivity index (χ0v) is 9.37. The van der Waals surface area contributed by atoms with Gasteiger partial charge in [-0.05, 0) is 17.5 Å². The van der Waals surface area contributed by atoms with Crippen LogP contribution in [0, 0.1) is 0 Å². The Bertz CT molecular complexity index is 326. The highest BCUT2D eigenvalue weighted by Gasteiger charge is 2.12. The van der Waals surface area contributed by atoms with Crippen molar-refractivity contribution in [1.82, 2.24) is 0 Å². The van der Waals surface area contributed by atoms with E-state index >= 15 is 0 Å². The summed E-state index contributed by atoms with van der Waals surface area (Å²) < 4.78 is 24.0. The van der Waals surface area contributed by atoms with Crippen LogP contribution in [0.1, 0.15) is 30.6 Å². The number of rotatable bonds is 5. The molecule has 0 saturated heterocycles. The molecule has 0 radical (unpaired) electrons. The molecular weight excluding hydrogens is 214 g/mol. The molecule has 4 nitrogen and oxygen atoms in total. The molecule has 0 aliphatic rings. The average molecular weight is 229 g/mol. The molecule has 2 atom stereocenters. The van der Waals surface area contributed by atoms with E-state index in [-0.39, 0.29) is 6.10 Å². The maximum absolute atomic E-state index is 10.5. The van der Waals surface area contributed by atoms with E-state index in [9.17, 15) is 4.21 Å². The lowest BCUT2D eigenvalue weighted by Gasteiger charge is -2.13. The molecule has 0 bridgehead atoms. The van der Waals surface area contributed by atoms with Crippen molar-refractivity contribution < 1.29 is 12.9 Å². The summed E-state index contributed by atoms with van der Waals surface area (Å²) in [5, 5.41) is 0. The standard InChI is InChI=1S/C10H15NO3S/c1-2-10(14-15(12)13)9-5-3-8(7-11)4-6-9/h3-6,10H,2,7,11H2,1H3,(H,12,13). The van der Waals surface area contributed by atoms with Crippen molar-refractivity contribution in [2.24, 2.45) is 5.73 Å². The van der Waals surface area contributed by atoms with Crippen molar-refractivity contribution >= 4 is 11.4 Å². The van der Waals surface area contributed by atoms with Gasteiger partial charge in [0.25, 0.3) is 0 Å². The molecule has 0 amide bonds. The van der Waals surface area contributed by atoms with Crippen LogP contribution < -0.4 is 5.73 Å². The molecule has 1 rings (SSSR count). The highest BCUT2D eigenvalue weighted by Crippen LogP contribution is 2.21. The second-order valence-corrected chi connectivity index (χ2v) is 3.78. The Morgan fingerprint density at radius 3 is 2.47 bits per heavy atom. The second kappa shape index (κ2) is 5.97. The molecule has 0 spiro atoms. The summed E-state index contributed by atoms with van der Waals surface area (Å²) in [6.45, 7) is 2.39. The summed E-state index contributed by atoms with van der Waals surface area (Å²) in [5.74, 6) is 0. The minimum absolute atomic E-state index is 0.345. The van der Waals surface area contributed by atoms with Crippen LogP contribution in [-0.2, 0) is 22.1 Å². The molecule has 1 aromatic carbocycles. The molecule has 0 aromatic heterocycles. The lowest BCUT2D eigenvalue weighted by Crippen LogP contribution is -2.05. The summed E-state index contributed by atoms with van der Waals surface area (Å²) in [5.41, 5.74) is 7.38. The van der Waals surface area contributed by atoms with Gasteiger partial charge in [0.15, 0.2) is 0 Å². The molecule has 1 aromatic rings. The molecule has 0 aliphatic heterocycles. The van der Waals surface area contributed by atoms with E-state index in [4.69, 9.17) is 14.5 Å². The van der Waals surface area contributed by atoms with Crippen molar-refractivity contribution in [3.8, 4) is 0 Å². The van der Waals surface area contributed by atoms with E-state index in [0.29, 0.717) is 13.0 Å². The van der Waals surface area contributed by atoms with E-state index in [1.165, 1.54) is 0 Å². The Kier molecular flexibility index (Phi) is 4.90. The van der Waals surface area contributed by atoms with E-state index in [1.807, 2.05) is 31.2 Å². The van der Waals surface area contributed by atoms with Gasteiger partial charge in [0.1, 0.15) is 6.10 Å².